The molecule has 3 nitrogen and oxygen atoms in total. The number of hydrogen-bond acceptors (Lipinski definition) is 3. The number of sulfone groups is 1. The van der Waals surface area contributed by atoms with Crippen molar-refractivity contribution in [3.8, 4) is 0 Å². The fourth-order valence-corrected chi connectivity index (χ4v) is 2.89. The highest BCUT2D eigenvalue weighted by molar-refractivity contribution is 7.91. The third-order valence-electron chi connectivity index (χ3n) is 1.76. The fraction of sp³-hybridized carbons (Fsp3) is 1.00. The van der Waals surface area contributed by atoms with E-state index >= 15 is 0 Å². The van der Waals surface area contributed by atoms with Crippen molar-refractivity contribution >= 4 is 9.84 Å². The lowest BCUT2D eigenvalue weighted by Crippen LogP contribution is -2.34. The molecular formula is C9H21NO2S. The highest BCUT2D eigenvalue weighted by Crippen LogP contribution is 1.97. The number of nitrogens with one attached hydrogen (secondary N) is 1. The maximum Gasteiger partial charge on any atom is 0.151 e. The largest absolute Gasteiger partial charge is 0.313 e. The number of rotatable bonds is 7. The minimum absolute atomic E-state index is 0.0801. The SMILES string of the molecule is CCCNC(C)CS(=O)(=O)CCC. The van der Waals surface area contributed by atoms with Crippen molar-refractivity contribution in [2.75, 3.05) is 18.1 Å². The summed E-state index contributed by atoms with van der Waals surface area (Å²) < 4.78 is 22.7. The summed E-state index contributed by atoms with van der Waals surface area (Å²) in [5, 5.41) is 3.17. The Kier molecular flexibility index (Phi) is 6.33. The van der Waals surface area contributed by atoms with E-state index in [9.17, 15) is 8.42 Å². The molecule has 0 aliphatic carbocycles. The van der Waals surface area contributed by atoms with Crippen LogP contribution >= 0.6 is 0 Å². The van der Waals surface area contributed by atoms with Crippen LogP contribution in [0.1, 0.15) is 33.6 Å². The molecule has 0 saturated carbocycles. The molecule has 1 unspecified atom stereocenters. The summed E-state index contributed by atoms with van der Waals surface area (Å²) in [4.78, 5) is 0. The topological polar surface area (TPSA) is 46.2 Å². The van der Waals surface area contributed by atoms with Crippen molar-refractivity contribution in [2.45, 2.75) is 39.7 Å². The van der Waals surface area contributed by atoms with Crippen LogP contribution in [0.25, 0.3) is 0 Å². The third-order valence-corrected chi connectivity index (χ3v) is 3.80. The lowest BCUT2D eigenvalue weighted by atomic mass is 10.3. The first kappa shape index (κ1) is 12.9. The van der Waals surface area contributed by atoms with Gasteiger partial charge in [0.2, 0.25) is 0 Å². The van der Waals surface area contributed by atoms with Gasteiger partial charge in [-0.05, 0) is 26.3 Å². The average molecular weight is 207 g/mol. The van der Waals surface area contributed by atoms with Crippen LogP contribution < -0.4 is 5.32 Å². The Morgan fingerprint density at radius 1 is 1.23 bits per heavy atom. The smallest absolute Gasteiger partial charge is 0.151 e. The monoisotopic (exact) mass is 207 g/mol. The zero-order valence-electron chi connectivity index (χ0n) is 8.84. The molecule has 0 aromatic carbocycles. The summed E-state index contributed by atoms with van der Waals surface area (Å²) in [6, 6.07) is 0.0801. The Hall–Kier alpha value is -0.0900. The molecule has 1 atom stereocenters. The molecule has 0 saturated heterocycles. The molecule has 1 N–H and O–H groups in total. The van der Waals surface area contributed by atoms with Gasteiger partial charge < -0.3 is 5.32 Å². The molecule has 0 fully saturated rings. The van der Waals surface area contributed by atoms with E-state index in [4.69, 9.17) is 0 Å². The van der Waals surface area contributed by atoms with E-state index in [1.807, 2.05) is 13.8 Å². The van der Waals surface area contributed by atoms with Gasteiger partial charge in [-0.15, -0.1) is 0 Å². The molecule has 0 bridgehead atoms. The molecule has 0 rings (SSSR count). The summed E-state index contributed by atoms with van der Waals surface area (Å²) in [7, 11) is -2.82. The molecule has 0 radical (unpaired) electrons. The Morgan fingerprint density at radius 2 is 1.85 bits per heavy atom. The predicted octanol–water partition coefficient (Wildman–Crippen LogP) is 1.20. The quantitative estimate of drug-likeness (QED) is 0.682. The minimum atomic E-state index is -2.82. The summed E-state index contributed by atoms with van der Waals surface area (Å²) in [6.07, 6.45) is 1.75. The molecule has 0 heterocycles. The minimum Gasteiger partial charge on any atom is -0.313 e. The van der Waals surface area contributed by atoms with Crippen molar-refractivity contribution in [3.63, 3.8) is 0 Å². The van der Waals surface area contributed by atoms with Crippen LogP contribution in [0.4, 0.5) is 0 Å². The zero-order chi connectivity index (χ0) is 10.3. The molecular weight excluding hydrogens is 186 g/mol. The number of hydrogen-bond donors (Lipinski definition) is 1. The van der Waals surface area contributed by atoms with Gasteiger partial charge in [-0.1, -0.05) is 13.8 Å². The van der Waals surface area contributed by atoms with Crippen LogP contribution in [-0.2, 0) is 9.84 Å². The Bertz CT molecular complexity index is 212. The van der Waals surface area contributed by atoms with Crippen molar-refractivity contribution in [1.29, 1.82) is 0 Å². The van der Waals surface area contributed by atoms with Crippen molar-refractivity contribution in [2.24, 2.45) is 0 Å². The van der Waals surface area contributed by atoms with E-state index in [2.05, 4.69) is 12.2 Å². The van der Waals surface area contributed by atoms with Gasteiger partial charge in [-0.3, -0.25) is 0 Å². The van der Waals surface area contributed by atoms with Gasteiger partial charge in [0.25, 0.3) is 0 Å². The van der Waals surface area contributed by atoms with Gasteiger partial charge in [-0.2, -0.15) is 0 Å². The van der Waals surface area contributed by atoms with Crippen LogP contribution in [0.2, 0.25) is 0 Å². The summed E-state index contributed by atoms with van der Waals surface area (Å²) in [5.41, 5.74) is 0. The van der Waals surface area contributed by atoms with E-state index in [0.717, 1.165) is 13.0 Å². The molecule has 0 amide bonds. The van der Waals surface area contributed by atoms with E-state index < -0.39 is 9.84 Å². The van der Waals surface area contributed by atoms with Crippen LogP contribution in [0.15, 0.2) is 0 Å². The van der Waals surface area contributed by atoms with E-state index in [1.54, 1.807) is 0 Å². The van der Waals surface area contributed by atoms with E-state index in [1.165, 1.54) is 0 Å². The lowest BCUT2D eigenvalue weighted by Gasteiger charge is -2.12. The van der Waals surface area contributed by atoms with Crippen molar-refractivity contribution < 1.29 is 8.42 Å². The van der Waals surface area contributed by atoms with Crippen LogP contribution in [-0.4, -0.2) is 32.5 Å². The summed E-state index contributed by atoms with van der Waals surface area (Å²) in [6.45, 7) is 6.77. The Morgan fingerprint density at radius 3 is 2.31 bits per heavy atom. The van der Waals surface area contributed by atoms with Gasteiger partial charge in [0.15, 0.2) is 9.84 Å². The van der Waals surface area contributed by atoms with Gasteiger partial charge in [0.05, 0.1) is 5.75 Å². The predicted molar refractivity (Wildman–Crippen MR) is 56.7 cm³/mol. The van der Waals surface area contributed by atoms with Crippen molar-refractivity contribution in [3.05, 3.63) is 0 Å². The maximum atomic E-state index is 11.4. The molecule has 0 aromatic rings. The highest BCUT2D eigenvalue weighted by Gasteiger charge is 2.13. The first-order chi connectivity index (χ1) is 6.02. The maximum absolute atomic E-state index is 11.4. The fourth-order valence-electron chi connectivity index (χ4n) is 1.22. The zero-order valence-corrected chi connectivity index (χ0v) is 9.65. The second kappa shape index (κ2) is 6.38. The molecule has 13 heavy (non-hydrogen) atoms. The molecule has 0 aliphatic rings. The lowest BCUT2D eigenvalue weighted by molar-refractivity contribution is 0.554. The highest BCUT2D eigenvalue weighted by atomic mass is 32.2. The molecule has 0 aliphatic heterocycles. The third kappa shape index (κ3) is 7.02. The van der Waals surface area contributed by atoms with Crippen LogP contribution in [0.5, 0.6) is 0 Å². The molecule has 0 spiro atoms. The van der Waals surface area contributed by atoms with E-state index in [0.29, 0.717) is 12.2 Å². The summed E-state index contributed by atoms with van der Waals surface area (Å²) >= 11 is 0. The Balaban J connectivity index is 3.82. The normalized spacial score (nSPS) is 14.4. The summed E-state index contributed by atoms with van der Waals surface area (Å²) in [5.74, 6) is 0.575. The standard InChI is InChI=1S/C9H21NO2S/c1-4-6-10-9(3)8-13(11,12)7-5-2/h9-10H,4-8H2,1-3H3. The molecule has 4 heteroatoms. The van der Waals surface area contributed by atoms with E-state index in [-0.39, 0.29) is 11.8 Å². The van der Waals surface area contributed by atoms with Gasteiger partial charge >= 0.3 is 0 Å². The second-order valence-electron chi connectivity index (χ2n) is 3.47. The van der Waals surface area contributed by atoms with Crippen LogP contribution in [0.3, 0.4) is 0 Å². The van der Waals surface area contributed by atoms with Crippen LogP contribution in [0, 0.1) is 0 Å². The average Bonchev–Trinajstić information content (AvgIpc) is 1.99. The first-order valence-electron chi connectivity index (χ1n) is 4.95. The Labute approximate surface area is 81.8 Å². The van der Waals surface area contributed by atoms with Gasteiger partial charge in [0.1, 0.15) is 0 Å². The molecule has 0 aromatic heterocycles. The van der Waals surface area contributed by atoms with Gasteiger partial charge in [0, 0.05) is 11.8 Å². The first-order valence-corrected chi connectivity index (χ1v) is 6.77. The molecule has 80 valence electrons. The van der Waals surface area contributed by atoms with Crippen molar-refractivity contribution in [1.82, 2.24) is 5.32 Å². The second-order valence-corrected chi connectivity index (χ2v) is 5.70. The van der Waals surface area contributed by atoms with Gasteiger partial charge in [-0.25, -0.2) is 8.42 Å².